The molecule has 2 aliphatic heterocycles. The molecule has 2 atom stereocenters. The Balaban J connectivity index is 2.14. The highest BCUT2D eigenvalue weighted by Crippen LogP contribution is 2.43. The molecule has 2 amide bonds. The van der Waals surface area contributed by atoms with Crippen LogP contribution in [-0.4, -0.2) is 69.6 Å². The molecule has 0 saturated carbocycles. The number of piperidine rings is 1. The minimum absolute atomic E-state index is 0.0358. The summed E-state index contributed by atoms with van der Waals surface area (Å²) in [5, 5.41) is 9.06. The number of rotatable bonds is 3. The second kappa shape index (κ2) is 6.54. The van der Waals surface area contributed by atoms with Gasteiger partial charge in [-0.05, 0) is 12.8 Å². The number of aliphatic hydroxyl groups is 1. The summed E-state index contributed by atoms with van der Waals surface area (Å²) in [6, 6.07) is -0.860. The maximum absolute atomic E-state index is 12.4. The molecule has 0 aromatic rings. The van der Waals surface area contributed by atoms with E-state index < -0.39 is 6.04 Å². The van der Waals surface area contributed by atoms with Gasteiger partial charge in [-0.1, -0.05) is 13.8 Å². The van der Waals surface area contributed by atoms with Crippen LogP contribution in [0.25, 0.3) is 0 Å². The first-order valence-corrected chi connectivity index (χ1v) is 8.50. The van der Waals surface area contributed by atoms with E-state index in [0.29, 0.717) is 13.1 Å². The van der Waals surface area contributed by atoms with Crippen LogP contribution in [0.2, 0.25) is 0 Å². The molecular formula is C14H25N3O3S. The van der Waals surface area contributed by atoms with Gasteiger partial charge in [-0.25, -0.2) is 0 Å². The second-order valence-corrected chi connectivity index (χ2v) is 7.55. The van der Waals surface area contributed by atoms with Gasteiger partial charge in [0, 0.05) is 24.8 Å². The molecule has 3 N–H and O–H groups in total. The molecule has 120 valence electrons. The van der Waals surface area contributed by atoms with Crippen LogP contribution >= 0.6 is 11.8 Å². The van der Waals surface area contributed by atoms with Crippen LogP contribution in [0.3, 0.4) is 0 Å². The number of carbonyl (C=O) groups is 2. The average molecular weight is 315 g/mol. The molecule has 2 saturated heterocycles. The number of aliphatic hydroxyl groups excluding tert-OH is 1. The zero-order valence-electron chi connectivity index (χ0n) is 12.7. The fourth-order valence-electron chi connectivity index (χ4n) is 3.07. The highest BCUT2D eigenvalue weighted by Gasteiger charge is 2.48. The average Bonchev–Trinajstić information content (AvgIpc) is 2.87. The third kappa shape index (κ3) is 3.19. The number of hydrogen-bond donors (Lipinski definition) is 2. The summed E-state index contributed by atoms with van der Waals surface area (Å²) in [5.41, 5.74) is 5.65. The molecule has 0 radical (unpaired) electrons. The molecule has 2 heterocycles. The number of hydrogen-bond acceptors (Lipinski definition) is 5. The molecule has 2 aliphatic rings. The lowest BCUT2D eigenvalue weighted by molar-refractivity contribution is -0.143. The number of nitrogens with zero attached hydrogens (tertiary/aromatic N) is 2. The summed E-state index contributed by atoms with van der Waals surface area (Å²) in [5.74, 6) is 0.806. The van der Waals surface area contributed by atoms with E-state index in [1.807, 2.05) is 18.7 Å². The lowest BCUT2D eigenvalue weighted by Crippen LogP contribution is -2.60. The molecule has 7 heteroatoms. The first-order valence-electron chi connectivity index (χ1n) is 7.52. The van der Waals surface area contributed by atoms with E-state index in [2.05, 4.69) is 0 Å². The van der Waals surface area contributed by atoms with Gasteiger partial charge in [0.1, 0.15) is 10.9 Å². The molecule has 0 bridgehead atoms. The number of thioether (sulfide) groups is 1. The monoisotopic (exact) mass is 315 g/mol. The zero-order valence-corrected chi connectivity index (χ0v) is 13.6. The van der Waals surface area contributed by atoms with Crippen LogP contribution in [0, 0.1) is 5.92 Å². The van der Waals surface area contributed by atoms with Crippen LogP contribution in [0.15, 0.2) is 0 Å². The summed E-state index contributed by atoms with van der Waals surface area (Å²) in [6.07, 6.45) is 1.77. The van der Waals surface area contributed by atoms with Gasteiger partial charge in [-0.2, -0.15) is 0 Å². The van der Waals surface area contributed by atoms with Gasteiger partial charge in [-0.3, -0.25) is 9.59 Å². The Morgan fingerprint density at radius 3 is 2.67 bits per heavy atom. The Bertz CT molecular complexity index is 418. The van der Waals surface area contributed by atoms with E-state index in [0.717, 1.165) is 25.1 Å². The third-order valence-electron chi connectivity index (χ3n) is 4.20. The highest BCUT2D eigenvalue weighted by molar-refractivity contribution is 8.00. The molecule has 1 unspecified atom stereocenters. The molecule has 1 spiro atoms. The second-order valence-electron chi connectivity index (χ2n) is 6.09. The summed E-state index contributed by atoms with van der Waals surface area (Å²) >= 11 is 1.77. The maximum atomic E-state index is 12.4. The van der Waals surface area contributed by atoms with Gasteiger partial charge in [-0.15, -0.1) is 11.8 Å². The predicted octanol–water partition coefficient (Wildman–Crippen LogP) is -0.144. The summed E-state index contributed by atoms with van der Waals surface area (Å²) in [4.78, 5) is 28.0. The zero-order chi connectivity index (χ0) is 15.6. The number of carbonyl (C=O) groups excluding carboxylic acids is 2. The molecule has 0 aliphatic carbocycles. The molecule has 2 fully saturated rings. The molecule has 0 aromatic heterocycles. The van der Waals surface area contributed by atoms with Crippen LogP contribution in [-0.2, 0) is 9.59 Å². The van der Waals surface area contributed by atoms with Crippen LogP contribution in [0.5, 0.6) is 0 Å². The minimum Gasteiger partial charge on any atom is -0.394 e. The SMILES string of the molecule is CC(C)C(=O)N1CCSC12CCCN(C(=O)[C@@H](N)CO)C2. The van der Waals surface area contributed by atoms with Gasteiger partial charge in [0.25, 0.3) is 0 Å². The van der Waals surface area contributed by atoms with Crippen molar-refractivity contribution in [1.29, 1.82) is 0 Å². The molecule has 21 heavy (non-hydrogen) atoms. The number of likely N-dealkylation sites (tertiary alicyclic amines) is 1. The molecule has 0 aromatic carbocycles. The molecule has 2 rings (SSSR count). The normalized spacial score (nSPS) is 27.5. The maximum Gasteiger partial charge on any atom is 0.241 e. The van der Waals surface area contributed by atoms with Crippen molar-refractivity contribution in [2.45, 2.75) is 37.6 Å². The largest absolute Gasteiger partial charge is 0.394 e. The lowest BCUT2D eigenvalue weighted by atomic mass is 10.0. The van der Waals surface area contributed by atoms with Gasteiger partial charge in [0.15, 0.2) is 0 Å². The Kier molecular flexibility index (Phi) is 5.16. The van der Waals surface area contributed by atoms with Crippen molar-refractivity contribution in [3.63, 3.8) is 0 Å². The predicted molar refractivity (Wildman–Crippen MR) is 82.6 cm³/mol. The van der Waals surface area contributed by atoms with Crippen molar-refractivity contribution in [2.24, 2.45) is 11.7 Å². The van der Waals surface area contributed by atoms with Crippen LogP contribution in [0.4, 0.5) is 0 Å². The van der Waals surface area contributed by atoms with E-state index in [1.54, 1.807) is 16.7 Å². The fourth-order valence-corrected chi connectivity index (χ4v) is 4.60. The summed E-state index contributed by atoms with van der Waals surface area (Å²) in [7, 11) is 0. The quantitative estimate of drug-likeness (QED) is 0.757. The Hall–Kier alpha value is -0.790. The van der Waals surface area contributed by atoms with Crippen molar-refractivity contribution in [2.75, 3.05) is 32.0 Å². The number of amides is 2. The van der Waals surface area contributed by atoms with E-state index in [4.69, 9.17) is 10.8 Å². The van der Waals surface area contributed by atoms with Crippen molar-refractivity contribution >= 4 is 23.6 Å². The summed E-state index contributed by atoms with van der Waals surface area (Å²) in [6.45, 7) is 5.39. The highest BCUT2D eigenvalue weighted by atomic mass is 32.2. The van der Waals surface area contributed by atoms with Crippen LogP contribution < -0.4 is 5.73 Å². The van der Waals surface area contributed by atoms with Crippen molar-refractivity contribution in [1.82, 2.24) is 9.80 Å². The fraction of sp³-hybridized carbons (Fsp3) is 0.857. The number of nitrogens with two attached hydrogens (primary N) is 1. The van der Waals surface area contributed by atoms with E-state index in [1.165, 1.54) is 0 Å². The van der Waals surface area contributed by atoms with Crippen molar-refractivity contribution in [3.05, 3.63) is 0 Å². The topological polar surface area (TPSA) is 86.9 Å². The van der Waals surface area contributed by atoms with Gasteiger partial charge in [0.2, 0.25) is 11.8 Å². The van der Waals surface area contributed by atoms with Crippen molar-refractivity contribution in [3.8, 4) is 0 Å². The van der Waals surface area contributed by atoms with Gasteiger partial charge in [0.05, 0.1) is 13.2 Å². The first kappa shape index (κ1) is 16.6. The third-order valence-corrected chi connectivity index (χ3v) is 5.67. The Morgan fingerprint density at radius 1 is 1.33 bits per heavy atom. The van der Waals surface area contributed by atoms with Crippen molar-refractivity contribution < 1.29 is 14.7 Å². The Morgan fingerprint density at radius 2 is 2.05 bits per heavy atom. The van der Waals surface area contributed by atoms with Crippen LogP contribution in [0.1, 0.15) is 26.7 Å². The van der Waals surface area contributed by atoms with Gasteiger partial charge < -0.3 is 20.6 Å². The first-order chi connectivity index (χ1) is 9.91. The minimum atomic E-state index is -0.860. The van der Waals surface area contributed by atoms with E-state index >= 15 is 0 Å². The summed E-state index contributed by atoms with van der Waals surface area (Å²) < 4.78 is 0. The standard InChI is InChI=1S/C14H25N3O3S/c1-10(2)12(19)17-6-7-21-14(17)4-3-5-16(9-14)13(20)11(15)8-18/h10-11,18H,3-9,15H2,1-2H3/t11-,14?/m0/s1. The lowest BCUT2D eigenvalue weighted by Gasteiger charge is -2.45. The smallest absolute Gasteiger partial charge is 0.241 e. The van der Waals surface area contributed by atoms with E-state index in [9.17, 15) is 9.59 Å². The Labute approximate surface area is 130 Å². The molecule has 6 nitrogen and oxygen atoms in total. The molecular weight excluding hydrogens is 290 g/mol. The van der Waals surface area contributed by atoms with E-state index in [-0.39, 0.29) is 29.2 Å². The van der Waals surface area contributed by atoms with Gasteiger partial charge >= 0.3 is 0 Å².